The lowest BCUT2D eigenvalue weighted by Crippen LogP contribution is -2.42. The third kappa shape index (κ3) is 8.64. The number of hydrogen-bond acceptors (Lipinski definition) is 9. The summed E-state index contributed by atoms with van der Waals surface area (Å²) >= 11 is 1.61. The van der Waals surface area contributed by atoms with E-state index in [0.29, 0.717) is 39.5 Å². The molecule has 0 radical (unpaired) electrons. The number of likely N-dealkylation sites (N-methyl/N-ethyl adjacent to an activating group) is 1. The Morgan fingerprint density at radius 2 is 1.94 bits per heavy atom. The number of carbonyl (C=O) groups excluding carboxylic acids is 1. The van der Waals surface area contributed by atoms with Crippen LogP contribution in [-0.4, -0.2) is 95.9 Å². The van der Waals surface area contributed by atoms with Gasteiger partial charge >= 0.3 is 0 Å². The van der Waals surface area contributed by atoms with Crippen molar-refractivity contribution >= 4 is 17.2 Å². The Balaban J connectivity index is 2.13. The minimum atomic E-state index is -0.577. The number of allylic oxidation sites excluding steroid dienone is 1. The molecule has 0 fully saturated rings. The first-order valence-electron chi connectivity index (χ1n) is 11.1. The van der Waals surface area contributed by atoms with E-state index in [1.54, 1.807) is 18.4 Å². The highest BCUT2D eigenvalue weighted by Crippen LogP contribution is 2.39. The number of hydrogen-bond donors (Lipinski definition) is 1. The number of amides is 1. The SMILES string of the molecule is CCO[C@H]1OC(C(=O)N(C)CC(OC)OC)=C[C@@H](c2ccsc2)[C@H]1CCOCCOCCO. The summed E-state index contributed by atoms with van der Waals surface area (Å²) in [5, 5.41) is 12.9. The monoisotopic (exact) mass is 487 g/mol. The molecule has 1 N–H and O–H groups in total. The molecule has 0 unspecified atom stereocenters. The van der Waals surface area contributed by atoms with E-state index in [9.17, 15) is 4.79 Å². The van der Waals surface area contributed by atoms with Gasteiger partial charge in [-0.05, 0) is 41.8 Å². The molecule has 0 aliphatic carbocycles. The van der Waals surface area contributed by atoms with Crippen molar-refractivity contribution in [1.29, 1.82) is 0 Å². The summed E-state index contributed by atoms with van der Waals surface area (Å²) in [5.74, 6) is -0.0725. The molecule has 33 heavy (non-hydrogen) atoms. The van der Waals surface area contributed by atoms with Crippen molar-refractivity contribution in [2.75, 3.05) is 67.5 Å². The molecular weight excluding hydrogens is 450 g/mol. The van der Waals surface area contributed by atoms with Crippen LogP contribution in [0.4, 0.5) is 0 Å². The van der Waals surface area contributed by atoms with Gasteiger partial charge in [0.25, 0.3) is 5.91 Å². The Hall–Kier alpha value is -1.53. The van der Waals surface area contributed by atoms with Crippen molar-refractivity contribution < 1.29 is 38.3 Å². The molecule has 10 heteroatoms. The molecule has 1 aliphatic rings. The van der Waals surface area contributed by atoms with E-state index in [0.717, 1.165) is 5.56 Å². The average molecular weight is 488 g/mol. The van der Waals surface area contributed by atoms with Crippen LogP contribution in [0, 0.1) is 5.92 Å². The molecule has 2 heterocycles. The second-order valence-corrected chi connectivity index (χ2v) is 8.32. The number of nitrogens with zero attached hydrogens (tertiary/aromatic N) is 1. The van der Waals surface area contributed by atoms with Crippen molar-refractivity contribution in [2.45, 2.75) is 31.8 Å². The molecule has 1 aromatic rings. The van der Waals surface area contributed by atoms with Crippen molar-refractivity contribution in [3.63, 3.8) is 0 Å². The van der Waals surface area contributed by atoms with Gasteiger partial charge in [0.1, 0.15) is 0 Å². The first kappa shape index (κ1) is 27.7. The van der Waals surface area contributed by atoms with E-state index < -0.39 is 12.6 Å². The predicted octanol–water partition coefficient (Wildman–Crippen LogP) is 2.22. The number of aliphatic hydroxyl groups is 1. The summed E-state index contributed by atoms with van der Waals surface area (Å²) in [6.45, 7) is 4.31. The Kier molecular flexibility index (Phi) is 12.9. The van der Waals surface area contributed by atoms with Gasteiger partial charge in [-0.1, -0.05) is 0 Å². The lowest BCUT2D eigenvalue weighted by Gasteiger charge is -2.37. The van der Waals surface area contributed by atoms with Crippen LogP contribution in [0.15, 0.2) is 28.7 Å². The van der Waals surface area contributed by atoms with Gasteiger partial charge in [0.15, 0.2) is 12.0 Å². The van der Waals surface area contributed by atoms with E-state index >= 15 is 0 Å². The molecule has 1 aliphatic heterocycles. The smallest absolute Gasteiger partial charge is 0.288 e. The fourth-order valence-electron chi connectivity index (χ4n) is 3.62. The minimum absolute atomic E-state index is 0.00204. The van der Waals surface area contributed by atoms with E-state index in [4.69, 9.17) is 33.5 Å². The molecule has 1 amide bonds. The molecule has 9 nitrogen and oxygen atoms in total. The van der Waals surface area contributed by atoms with Gasteiger partial charge in [-0.2, -0.15) is 11.3 Å². The Labute approximate surface area is 200 Å². The third-order valence-corrected chi connectivity index (χ3v) is 6.05. The quantitative estimate of drug-likeness (QED) is 0.280. The average Bonchev–Trinajstić information content (AvgIpc) is 3.36. The van der Waals surface area contributed by atoms with Gasteiger partial charge in [0.05, 0.1) is 33.0 Å². The molecule has 0 spiro atoms. The summed E-state index contributed by atoms with van der Waals surface area (Å²) in [5.41, 5.74) is 1.11. The van der Waals surface area contributed by atoms with Crippen molar-refractivity contribution in [3.05, 3.63) is 34.2 Å². The molecular formula is C23H37NO8S. The van der Waals surface area contributed by atoms with Crippen molar-refractivity contribution in [2.24, 2.45) is 5.92 Å². The molecule has 188 valence electrons. The van der Waals surface area contributed by atoms with Crippen LogP contribution in [0.5, 0.6) is 0 Å². The first-order valence-corrected chi connectivity index (χ1v) is 12.1. The number of carbonyl (C=O) groups is 1. The summed E-state index contributed by atoms with van der Waals surface area (Å²) < 4.78 is 33.4. The highest BCUT2D eigenvalue weighted by molar-refractivity contribution is 7.08. The van der Waals surface area contributed by atoms with Gasteiger partial charge < -0.3 is 38.4 Å². The van der Waals surface area contributed by atoms with Crippen LogP contribution in [0.1, 0.15) is 24.8 Å². The standard InChI is InChI=1S/C23H37NO8S/c1-5-31-23-18(6-9-29-11-12-30-10-8-25)19(17-7-13-33-16-17)14-20(32-23)22(26)24(2)15-21(27-3)28-4/h7,13-14,16,18-19,21,23,25H,5-6,8-12,15H2,1-4H3/t18-,19+,23+/m1/s1. The van der Waals surface area contributed by atoms with E-state index in [1.807, 2.05) is 18.4 Å². The van der Waals surface area contributed by atoms with Gasteiger partial charge in [0, 0.05) is 46.3 Å². The van der Waals surface area contributed by atoms with Crippen LogP contribution < -0.4 is 0 Å². The zero-order chi connectivity index (χ0) is 24.1. The lowest BCUT2D eigenvalue weighted by atomic mass is 9.82. The molecule has 3 atom stereocenters. The summed E-state index contributed by atoms with van der Waals surface area (Å²) in [7, 11) is 4.75. The zero-order valence-electron chi connectivity index (χ0n) is 19.9. The van der Waals surface area contributed by atoms with Crippen molar-refractivity contribution in [1.82, 2.24) is 4.90 Å². The van der Waals surface area contributed by atoms with Gasteiger partial charge in [-0.25, -0.2) is 0 Å². The van der Waals surface area contributed by atoms with E-state index in [1.165, 1.54) is 19.1 Å². The normalized spacial score (nSPS) is 20.5. The third-order valence-electron chi connectivity index (χ3n) is 5.35. The van der Waals surface area contributed by atoms with E-state index in [-0.39, 0.29) is 36.7 Å². The molecule has 2 rings (SSSR count). The Bertz CT molecular complexity index is 695. The van der Waals surface area contributed by atoms with Crippen LogP contribution in [0.25, 0.3) is 0 Å². The van der Waals surface area contributed by atoms with Crippen LogP contribution in [0.3, 0.4) is 0 Å². The molecule has 0 bridgehead atoms. The maximum atomic E-state index is 13.1. The van der Waals surface area contributed by atoms with Crippen LogP contribution >= 0.6 is 11.3 Å². The van der Waals surface area contributed by atoms with Gasteiger partial charge in [0.2, 0.25) is 6.29 Å². The lowest BCUT2D eigenvalue weighted by molar-refractivity contribution is -0.174. The van der Waals surface area contributed by atoms with Crippen molar-refractivity contribution in [3.8, 4) is 0 Å². The Morgan fingerprint density at radius 3 is 2.55 bits per heavy atom. The fraction of sp³-hybridized carbons (Fsp3) is 0.696. The molecule has 0 saturated carbocycles. The zero-order valence-corrected chi connectivity index (χ0v) is 20.8. The summed E-state index contributed by atoms with van der Waals surface area (Å²) in [6.07, 6.45) is 1.48. The van der Waals surface area contributed by atoms with Crippen LogP contribution in [-0.2, 0) is 33.2 Å². The van der Waals surface area contributed by atoms with Crippen LogP contribution in [0.2, 0.25) is 0 Å². The maximum Gasteiger partial charge on any atom is 0.288 e. The number of ether oxygens (including phenoxy) is 6. The molecule has 0 aromatic carbocycles. The molecule has 0 saturated heterocycles. The van der Waals surface area contributed by atoms with Gasteiger partial charge in [-0.3, -0.25) is 4.79 Å². The van der Waals surface area contributed by atoms with Gasteiger partial charge in [-0.15, -0.1) is 0 Å². The number of thiophene rings is 1. The maximum absolute atomic E-state index is 13.1. The topological polar surface area (TPSA) is 95.9 Å². The predicted molar refractivity (Wildman–Crippen MR) is 124 cm³/mol. The second-order valence-electron chi connectivity index (χ2n) is 7.54. The summed E-state index contributed by atoms with van der Waals surface area (Å²) in [4.78, 5) is 14.7. The second kappa shape index (κ2) is 15.4. The summed E-state index contributed by atoms with van der Waals surface area (Å²) in [6, 6.07) is 2.06. The minimum Gasteiger partial charge on any atom is -0.459 e. The first-order chi connectivity index (χ1) is 16.0. The molecule has 1 aromatic heterocycles. The number of rotatable bonds is 16. The largest absolute Gasteiger partial charge is 0.459 e. The number of aliphatic hydroxyl groups excluding tert-OH is 1. The highest BCUT2D eigenvalue weighted by Gasteiger charge is 2.39. The fourth-order valence-corrected chi connectivity index (χ4v) is 4.33. The highest BCUT2D eigenvalue weighted by atomic mass is 32.1. The Morgan fingerprint density at radius 1 is 1.21 bits per heavy atom. The van der Waals surface area contributed by atoms with E-state index in [2.05, 4.69) is 11.4 Å². The number of methoxy groups -OCH3 is 2.